The largest absolute Gasteiger partial charge is 0.475 e. The molecule has 0 aromatic rings. The van der Waals surface area contributed by atoms with Crippen LogP contribution in [0.1, 0.15) is 6.42 Å². The lowest BCUT2D eigenvalue weighted by molar-refractivity contribution is -0.147. The van der Waals surface area contributed by atoms with Crippen molar-refractivity contribution in [2.75, 3.05) is 0 Å². The first-order valence-electron chi connectivity index (χ1n) is 4.80. The van der Waals surface area contributed by atoms with Gasteiger partial charge in [-0.05, 0) is 12.0 Å². The van der Waals surface area contributed by atoms with Crippen molar-refractivity contribution in [3.05, 3.63) is 35.6 Å². The number of carbonyl (C=O) groups is 2. The van der Waals surface area contributed by atoms with Gasteiger partial charge in [-0.3, -0.25) is 4.79 Å². The molecule has 1 heterocycles. The smallest absolute Gasteiger partial charge is 0.377 e. The number of carboxylic acids is 1. The summed E-state index contributed by atoms with van der Waals surface area (Å²) in [6.45, 7) is 0. The molecule has 15 heavy (non-hydrogen) atoms. The van der Waals surface area contributed by atoms with Gasteiger partial charge >= 0.3 is 5.97 Å². The summed E-state index contributed by atoms with van der Waals surface area (Å²) in [7, 11) is 0. The van der Waals surface area contributed by atoms with Crippen molar-refractivity contribution in [1.82, 2.24) is 5.32 Å². The zero-order valence-corrected chi connectivity index (χ0v) is 7.86. The van der Waals surface area contributed by atoms with Crippen LogP contribution >= 0.6 is 0 Å². The summed E-state index contributed by atoms with van der Waals surface area (Å²) >= 11 is 0. The molecule has 3 aliphatic rings. The molecule has 1 fully saturated rings. The van der Waals surface area contributed by atoms with Gasteiger partial charge in [-0.1, -0.05) is 18.2 Å². The third kappa shape index (κ3) is 0.909. The number of rotatable bonds is 2. The molecule has 4 heteroatoms. The van der Waals surface area contributed by atoms with Crippen LogP contribution in [0, 0.1) is 5.92 Å². The van der Waals surface area contributed by atoms with Crippen LogP contribution in [0.3, 0.4) is 0 Å². The number of hydrogen-bond donors (Lipinski definition) is 2. The Morgan fingerprint density at radius 2 is 2.33 bits per heavy atom. The number of carboxylic acid groups (broad SMARTS) is 1. The van der Waals surface area contributed by atoms with Crippen molar-refractivity contribution < 1.29 is 14.7 Å². The van der Waals surface area contributed by atoms with Crippen LogP contribution in [0.25, 0.3) is 0 Å². The SMILES string of the molecule is O=C(O)C(=O)C1=CNC23CC2C=CC=C13. The minimum Gasteiger partial charge on any atom is -0.475 e. The van der Waals surface area contributed by atoms with E-state index in [1.807, 2.05) is 12.2 Å². The van der Waals surface area contributed by atoms with Crippen LogP contribution in [0.2, 0.25) is 0 Å². The Morgan fingerprint density at radius 3 is 3.07 bits per heavy atom. The van der Waals surface area contributed by atoms with Gasteiger partial charge in [-0.25, -0.2) is 4.79 Å². The van der Waals surface area contributed by atoms with Crippen molar-refractivity contribution in [3.8, 4) is 0 Å². The second-order valence-electron chi connectivity index (χ2n) is 4.08. The monoisotopic (exact) mass is 203 g/mol. The summed E-state index contributed by atoms with van der Waals surface area (Å²) in [6.07, 6.45) is 8.29. The van der Waals surface area contributed by atoms with Crippen molar-refractivity contribution in [1.29, 1.82) is 0 Å². The second kappa shape index (κ2) is 2.39. The van der Waals surface area contributed by atoms with Crippen LogP contribution in [0.15, 0.2) is 35.6 Å². The third-order valence-electron chi connectivity index (χ3n) is 3.30. The number of ketones is 1. The zero-order valence-electron chi connectivity index (χ0n) is 7.86. The summed E-state index contributed by atoms with van der Waals surface area (Å²) in [5.41, 5.74) is 0.978. The average Bonchev–Trinajstić information content (AvgIpc) is 2.82. The molecule has 3 rings (SSSR count). The van der Waals surface area contributed by atoms with Gasteiger partial charge in [0.25, 0.3) is 5.78 Å². The van der Waals surface area contributed by atoms with Crippen molar-refractivity contribution in [2.45, 2.75) is 12.0 Å². The maximum absolute atomic E-state index is 11.4. The molecule has 1 aliphatic heterocycles. The Balaban J connectivity index is 2.01. The van der Waals surface area contributed by atoms with Gasteiger partial charge in [0.15, 0.2) is 0 Å². The predicted octanol–water partition coefficient (Wildman–Crippen LogP) is 0.382. The Labute approximate surface area is 86.0 Å². The Morgan fingerprint density at radius 1 is 1.53 bits per heavy atom. The van der Waals surface area contributed by atoms with E-state index in [1.165, 1.54) is 6.20 Å². The number of Topliss-reactive ketones (excluding diaryl/α,β-unsaturated/α-hetero) is 1. The van der Waals surface area contributed by atoms with Gasteiger partial charge in [0, 0.05) is 12.1 Å². The summed E-state index contributed by atoms with van der Waals surface area (Å²) in [4.78, 5) is 22.0. The molecule has 76 valence electrons. The van der Waals surface area contributed by atoms with Crippen molar-refractivity contribution in [3.63, 3.8) is 0 Å². The van der Waals surface area contributed by atoms with E-state index in [0.717, 1.165) is 12.0 Å². The summed E-state index contributed by atoms with van der Waals surface area (Å²) in [5, 5.41) is 11.8. The van der Waals surface area contributed by atoms with Crippen molar-refractivity contribution in [2.24, 2.45) is 5.92 Å². The molecule has 0 amide bonds. The molecule has 2 N–H and O–H groups in total. The number of allylic oxidation sites excluding steroid dienone is 2. The fraction of sp³-hybridized carbons (Fsp3) is 0.273. The molecular formula is C11H9NO3. The first kappa shape index (κ1) is 8.47. The molecule has 2 aliphatic carbocycles. The number of aliphatic carboxylic acids is 1. The molecule has 1 saturated carbocycles. The van der Waals surface area contributed by atoms with Crippen molar-refractivity contribution >= 4 is 11.8 Å². The summed E-state index contributed by atoms with van der Waals surface area (Å²) in [5.74, 6) is -1.81. The van der Waals surface area contributed by atoms with Crippen LogP contribution in [0.5, 0.6) is 0 Å². The quantitative estimate of drug-likeness (QED) is 0.637. The van der Waals surface area contributed by atoms with E-state index in [0.29, 0.717) is 11.5 Å². The number of hydrogen-bond acceptors (Lipinski definition) is 3. The van der Waals surface area contributed by atoms with E-state index in [9.17, 15) is 9.59 Å². The highest BCUT2D eigenvalue weighted by Gasteiger charge is 2.59. The predicted molar refractivity (Wildman–Crippen MR) is 51.9 cm³/mol. The number of nitrogens with one attached hydrogen (secondary N) is 1. The molecule has 0 saturated heterocycles. The minimum absolute atomic E-state index is 0.158. The van der Waals surface area contributed by atoms with E-state index in [1.54, 1.807) is 0 Å². The Hall–Kier alpha value is -1.84. The Kier molecular flexibility index (Phi) is 1.35. The average molecular weight is 203 g/mol. The highest BCUT2D eigenvalue weighted by atomic mass is 16.4. The molecule has 2 unspecified atom stereocenters. The van der Waals surface area contributed by atoms with Gasteiger partial charge in [-0.2, -0.15) is 0 Å². The standard InChI is InChI=1S/C11H9NO3/c13-9(10(14)15)7-5-12-11-4-6(11)2-1-3-8(7)11/h1-3,5-6,12H,4H2,(H,14,15). The van der Waals surface area contributed by atoms with E-state index in [4.69, 9.17) is 5.11 Å². The van der Waals surface area contributed by atoms with E-state index in [2.05, 4.69) is 11.4 Å². The molecule has 1 spiro atoms. The minimum atomic E-state index is -1.40. The fourth-order valence-corrected chi connectivity index (χ4v) is 2.42. The highest BCUT2D eigenvalue weighted by molar-refractivity contribution is 6.41. The normalized spacial score (nSPS) is 34.5. The van der Waals surface area contributed by atoms with Gasteiger partial charge in [0.1, 0.15) is 0 Å². The van der Waals surface area contributed by atoms with Gasteiger partial charge in [0.05, 0.1) is 11.1 Å². The fourth-order valence-electron chi connectivity index (χ4n) is 2.42. The zero-order chi connectivity index (χ0) is 10.6. The molecule has 0 aromatic carbocycles. The van der Waals surface area contributed by atoms with Crippen LogP contribution in [-0.4, -0.2) is 22.4 Å². The lowest BCUT2D eigenvalue weighted by Gasteiger charge is -2.15. The maximum Gasteiger partial charge on any atom is 0.377 e. The first-order chi connectivity index (χ1) is 7.15. The van der Waals surface area contributed by atoms with Crippen LogP contribution in [-0.2, 0) is 9.59 Å². The van der Waals surface area contributed by atoms with Gasteiger partial charge in [-0.15, -0.1) is 0 Å². The maximum atomic E-state index is 11.4. The lowest BCUT2D eigenvalue weighted by Crippen LogP contribution is -2.28. The van der Waals surface area contributed by atoms with Gasteiger partial charge in [0.2, 0.25) is 0 Å². The molecule has 2 atom stereocenters. The van der Waals surface area contributed by atoms with E-state index >= 15 is 0 Å². The molecule has 4 nitrogen and oxygen atoms in total. The molecule has 0 aromatic heterocycles. The molecule has 0 radical (unpaired) electrons. The molecule has 0 bridgehead atoms. The van der Waals surface area contributed by atoms with Crippen LogP contribution < -0.4 is 5.32 Å². The van der Waals surface area contributed by atoms with E-state index < -0.39 is 11.8 Å². The van der Waals surface area contributed by atoms with Gasteiger partial charge < -0.3 is 10.4 Å². The highest BCUT2D eigenvalue weighted by Crippen LogP contribution is 2.56. The topological polar surface area (TPSA) is 66.4 Å². The summed E-state index contributed by atoms with van der Waals surface area (Å²) < 4.78 is 0. The third-order valence-corrected chi connectivity index (χ3v) is 3.30. The van der Waals surface area contributed by atoms with Crippen LogP contribution in [0.4, 0.5) is 0 Å². The van der Waals surface area contributed by atoms with E-state index in [-0.39, 0.29) is 5.54 Å². The molecular weight excluding hydrogens is 194 g/mol. The second-order valence-corrected chi connectivity index (χ2v) is 4.08. The number of carbonyl (C=O) groups excluding carboxylic acids is 1. The lowest BCUT2D eigenvalue weighted by atomic mass is 9.93. The Bertz CT molecular complexity index is 472. The first-order valence-corrected chi connectivity index (χ1v) is 4.80. The summed E-state index contributed by atoms with van der Waals surface area (Å²) in [6, 6.07) is 0.